The molecule has 1 N–H and O–H groups in total. The maximum Gasteiger partial charge on any atom is 0.282 e. The fourth-order valence-electron chi connectivity index (χ4n) is 2.57. The van der Waals surface area contributed by atoms with Gasteiger partial charge in [-0.2, -0.15) is 0 Å². The summed E-state index contributed by atoms with van der Waals surface area (Å²) in [6, 6.07) is 10.3. The van der Waals surface area contributed by atoms with Crippen molar-refractivity contribution in [2.45, 2.75) is 13.8 Å². The summed E-state index contributed by atoms with van der Waals surface area (Å²) in [6.07, 6.45) is 0. The number of carbonyl (C=O) groups excluding carboxylic acids is 2. The van der Waals surface area contributed by atoms with Gasteiger partial charge < -0.3 is 15.0 Å². The Kier molecular flexibility index (Phi) is 6.48. The number of nitrogens with zero attached hydrogens (tertiary/aromatic N) is 2. The lowest BCUT2D eigenvalue weighted by molar-refractivity contribution is -0.385. The van der Waals surface area contributed by atoms with Gasteiger partial charge in [-0.1, -0.05) is 0 Å². The number of nitrogens with one attached hydrogen (secondary N) is 1. The van der Waals surface area contributed by atoms with E-state index in [1.54, 1.807) is 29.2 Å². The summed E-state index contributed by atoms with van der Waals surface area (Å²) >= 11 is 0. The Bertz CT molecular complexity index is 845. The van der Waals surface area contributed by atoms with Crippen LogP contribution in [0.4, 0.5) is 11.4 Å². The molecule has 142 valence electrons. The van der Waals surface area contributed by atoms with Crippen LogP contribution in [0.5, 0.6) is 5.75 Å². The van der Waals surface area contributed by atoms with E-state index in [0.29, 0.717) is 30.1 Å². The first-order valence-electron chi connectivity index (χ1n) is 8.44. The van der Waals surface area contributed by atoms with Crippen LogP contribution in [-0.2, 0) is 0 Å². The molecule has 2 amide bonds. The second kappa shape index (κ2) is 8.79. The Morgan fingerprint density at radius 1 is 1.11 bits per heavy atom. The number of nitro benzene ring substituents is 1. The van der Waals surface area contributed by atoms with Crippen molar-refractivity contribution in [2.24, 2.45) is 0 Å². The lowest BCUT2D eigenvalue weighted by Crippen LogP contribution is -2.30. The van der Waals surface area contributed by atoms with Crippen LogP contribution in [0.25, 0.3) is 0 Å². The molecule has 0 aliphatic carbocycles. The molecule has 0 fully saturated rings. The molecule has 0 atom stereocenters. The fraction of sp³-hybridized carbons (Fsp3) is 0.263. The van der Waals surface area contributed by atoms with Crippen molar-refractivity contribution in [2.75, 3.05) is 25.5 Å². The number of carbonyl (C=O) groups is 2. The van der Waals surface area contributed by atoms with Gasteiger partial charge in [0, 0.05) is 30.4 Å². The number of amides is 2. The molecule has 0 heterocycles. The topological polar surface area (TPSA) is 102 Å². The maximum atomic E-state index is 12.5. The van der Waals surface area contributed by atoms with E-state index in [-0.39, 0.29) is 17.2 Å². The molecule has 2 aromatic rings. The predicted octanol–water partition coefficient (Wildman–Crippen LogP) is 3.34. The van der Waals surface area contributed by atoms with E-state index in [4.69, 9.17) is 4.74 Å². The molecule has 0 saturated carbocycles. The van der Waals surface area contributed by atoms with Crippen LogP contribution in [0, 0.1) is 10.1 Å². The summed E-state index contributed by atoms with van der Waals surface area (Å²) in [5.74, 6) is -0.393. The van der Waals surface area contributed by atoms with Crippen molar-refractivity contribution < 1.29 is 19.2 Å². The quantitative estimate of drug-likeness (QED) is 0.594. The number of nitro groups is 1. The van der Waals surface area contributed by atoms with Gasteiger partial charge in [0.2, 0.25) is 0 Å². The molecule has 8 nitrogen and oxygen atoms in total. The first-order valence-corrected chi connectivity index (χ1v) is 8.44. The third-order valence-corrected chi connectivity index (χ3v) is 4.09. The van der Waals surface area contributed by atoms with Crippen LogP contribution < -0.4 is 10.1 Å². The highest BCUT2D eigenvalue weighted by Crippen LogP contribution is 2.25. The predicted molar refractivity (Wildman–Crippen MR) is 101 cm³/mol. The van der Waals surface area contributed by atoms with Gasteiger partial charge in [0.1, 0.15) is 11.3 Å². The largest absolute Gasteiger partial charge is 0.497 e. The molecule has 0 spiro atoms. The summed E-state index contributed by atoms with van der Waals surface area (Å²) in [5.41, 5.74) is 0.501. The Labute approximate surface area is 156 Å². The van der Waals surface area contributed by atoms with E-state index in [0.717, 1.165) is 0 Å². The molecule has 0 aliphatic rings. The normalized spacial score (nSPS) is 10.2. The second-order valence-corrected chi connectivity index (χ2v) is 5.65. The smallest absolute Gasteiger partial charge is 0.282 e. The summed E-state index contributed by atoms with van der Waals surface area (Å²) in [7, 11) is 1.41. The van der Waals surface area contributed by atoms with Crippen LogP contribution in [-0.4, -0.2) is 41.8 Å². The van der Waals surface area contributed by atoms with Gasteiger partial charge >= 0.3 is 0 Å². The number of rotatable bonds is 7. The van der Waals surface area contributed by atoms with Crippen LogP contribution in [0.15, 0.2) is 42.5 Å². The van der Waals surface area contributed by atoms with Gasteiger partial charge in [0.15, 0.2) is 0 Å². The molecule has 0 bridgehead atoms. The Hall–Kier alpha value is -3.42. The van der Waals surface area contributed by atoms with Gasteiger partial charge in [-0.25, -0.2) is 0 Å². The van der Waals surface area contributed by atoms with Crippen molar-refractivity contribution in [3.8, 4) is 5.75 Å². The van der Waals surface area contributed by atoms with Crippen LogP contribution >= 0.6 is 0 Å². The van der Waals surface area contributed by atoms with E-state index in [1.165, 1.54) is 25.3 Å². The lowest BCUT2D eigenvalue weighted by atomic mass is 10.1. The van der Waals surface area contributed by atoms with Crippen molar-refractivity contribution in [1.29, 1.82) is 0 Å². The molecule has 2 rings (SSSR count). The van der Waals surface area contributed by atoms with Gasteiger partial charge in [0.25, 0.3) is 17.5 Å². The number of methoxy groups -OCH3 is 1. The Morgan fingerprint density at radius 2 is 1.74 bits per heavy atom. The molecule has 0 unspecified atom stereocenters. The molecule has 0 saturated heterocycles. The van der Waals surface area contributed by atoms with E-state index >= 15 is 0 Å². The summed E-state index contributed by atoms with van der Waals surface area (Å²) in [4.78, 5) is 37.0. The molecule has 0 radical (unpaired) electrons. The zero-order valence-corrected chi connectivity index (χ0v) is 15.4. The highest BCUT2D eigenvalue weighted by atomic mass is 16.6. The lowest BCUT2D eigenvalue weighted by Gasteiger charge is -2.18. The molecule has 8 heteroatoms. The summed E-state index contributed by atoms with van der Waals surface area (Å²) in [6.45, 7) is 5.01. The van der Waals surface area contributed by atoms with E-state index in [1.807, 2.05) is 13.8 Å². The standard InChI is InChI=1S/C19H21N3O5/c1-4-21(5-2)19(24)13-6-8-14(9-7-13)20-18(23)16-12-15(27-3)10-11-17(16)22(25)26/h6-12H,4-5H2,1-3H3,(H,20,23). The molecular weight excluding hydrogens is 350 g/mol. The number of hydrogen-bond donors (Lipinski definition) is 1. The van der Waals surface area contributed by atoms with Gasteiger partial charge in [-0.3, -0.25) is 19.7 Å². The van der Waals surface area contributed by atoms with Crippen LogP contribution in [0.3, 0.4) is 0 Å². The third-order valence-electron chi connectivity index (χ3n) is 4.09. The molecule has 2 aromatic carbocycles. The number of hydrogen-bond acceptors (Lipinski definition) is 5. The SMILES string of the molecule is CCN(CC)C(=O)c1ccc(NC(=O)c2cc(OC)ccc2[N+](=O)[O-])cc1. The minimum atomic E-state index is -0.636. The van der Waals surface area contributed by atoms with Gasteiger partial charge in [0.05, 0.1) is 12.0 Å². The molecule has 0 aromatic heterocycles. The number of ether oxygens (including phenoxy) is 1. The zero-order chi connectivity index (χ0) is 20.0. The first-order chi connectivity index (χ1) is 12.9. The second-order valence-electron chi connectivity index (χ2n) is 5.65. The van der Waals surface area contributed by atoms with Gasteiger partial charge in [-0.15, -0.1) is 0 Å². The maximum absolute atomic E-state index is 12.5. The van der Waals surface area contributed by atoms with E-state index < -0.39 is 10.8 Å². The highest BCUT2D eigenvalue weighted by Gasteiger charge is 2.21. The Balaban J connectivity index is 2.21. The minimum Gasteiger partial charge on any atom is -0.497 e. The molecular formula is C19H21N3O5. The summed E-state index contributed by atoms with van der Waals surface area (Å²) < 4.78 is 5.03. The van der Waals surface area contributed by atoms with Crippen molar-refractivity contribution in [3.63, 3.8) is 0 Å². The van der Waals surface area contributed by atoms with Crippen LogP contribution in [0.1, 0.15) is 34.6 Å². The van der Waals surface area contributed by atoms with Crippen molar-refractivity contribution >= 4 is 23.2 Å². The van der Waals surface area contributed by atoms with Crippen LogP contribution in [0.2, 0.25) is 0 Å². The van der Waals surface area contributed by atoms with Crippen molar-refractivity contribution in [3.05, 3.63) is 63.7 Å². The third kappa shape index (κ3) is 4.60. The first kappa shape index (κ1) is 19.9. The van der Waals surface area contributed by atoms with Gasteiger partial charge in [-0.05, 0) is 50.2 Å². The average Bonchev–Trinajstić information content (AvgIpc) is 2.68. The Morgan fingerprint density at radius 3 is 2.26 bits per heavy atom. The average molecular weight is 371 g/mol. The zero-order valence-electron chi connectivity index (χ0n) is 15.4. The number of anilines is 1. The molecule has 27 heavy (non-hydrogen) atoms. The fourth-order valence-corrected chi connectivity index (χ4v) is 2.57. The molecule has 0 aliphatic heterocycles. The van der Waals surface area contributed by atoms with Crippen molar-refractivity contribution in [1.82, 2.24) is 4.90 Å². The minimum absolute atomic E-state index is 0.0960. The summed E-state index contributed by atoms with van der Waals surface area (Å²) in [5, 5.41) is 13.8. The highest BCUT2D eigenvalue weighted by molar-refractivity contribution is 6.07. The van der Waals surface area contributed by atoms with E-state index in [2.05, 4.69) is 5.32 Å². The van der Waals surface area contributed by atoms with E-state index in [9.17, 15) is 19.7 Å². The monoisotopic (exact) mass is 371 g/mol. The number of benzene rings is 2.